The van der Waals surface area contributed by atoms with Crippen LogP contribution in [0.25, 0.3) is 5.69 Å². The third-order valence-electron chi connectivity index (χ3n) is 3.95. The van der Waals surface area contributed by atoms with E-state index in [0.717, 1.165) is 17.2 Å². The number of carbonyl (C=O) groups excluding carboxylic acids is 1. The van der Waals surface area contributed by atoms with Crippen molar-refractivity contribution in [3.63, 3.8) is 0 Å². The fourth-order valence-electron chi connectivity index (χ4n) is 2.45. The molecule has 6 heteroatoms. The van der Waals surface area contributed by atoms with Gasteiger partial charge < -0.3 is 14.4 Å². The summed E-state index contributed by atoms with van der Waals surface area (Å²) < 4.78 is 12.5. The minimum absolute atomic E-state index is 0.0921. The highest BCUT2D eigenvalue weighted by Crippen LogP contribution is 2.17. The Bertz CT molecular complexity index is 844. The van der Waals surface area contributed by atoms with Crippen molar-refractivity contribution in [3.8, 4) is 17.2 Å². The summed E-state index contributed by atoms with van der Waals surface area (Å²) in [6.07, 6.45) is 3.31. The molecule has 134 valence electrons. The predicted octanol–water partition coefficient (Wildman–Crippen LogP) is 3.03. The lowest BCUT2D eigenvalue weighted by Gasteiger charge is -2.16. The van der Waals surface area contributed by atoms with E-state index in [-0.39, 0.29) is 5.91 Å². The Morgan fingerprint density at radius 3 is 2.46 bits per heavy atom. The number of ether oxygens (including phenoxy) is 2. The topological polar surface area (TPSA) is 56.6 Å². The number of hydrogen-bond donors (Lipinski definition) is 0. The van der Waals surface area contributed by atoms with Gasteiger partial charge in [0, 0.05) is 13.2 Å². The maximum Gasteiger partial charge on any atom is 0.256 e. The number of nitrogens with zero attached hydrogens (tertiary/aromatic N) is 3. The van der Waals surface area contributed by atoms with Crippen LogP contribution in [0.15, 0.2) is 67.0 Å². The van der Waals surface area contributed by atoms with Crippen molar-refractivity contribution in [2.75, 3.05) is 27.3 Å². The van der Waals surface area contributed by atoms with Gasteiger partial charge in [0.2, 0.25) is 0 Å². The molecule has 0 radical (unpaired) electrons. The molecule has 0 aliphatic carbocycles. The van der Waals surface area contributed by atoms with E-state index >= 15 is 0 Å². The van der Waals surface area contributed by atoms with Gasteiger partial charge in [-0.1, -0.05) is 18.2 Å². The van der Waals surface area contributed by atoms with Crippen LogP contribution in [-0.2, 0) is 0 Å². The normalized spacial score (nSPS) is 10.4. The molecule has 0 fully saturated rings. The minimum atomic E-state index is -0.0921. The molecule has 1 heterocycles. The van der Waals surface area contributed by atoms with E-state index < -0.39 is 0 Å². The Balaban J connectivity index is 1.53. The third-order valence-corrected chi connectivity index (χ3v) is 3.95. The highest BCUT2D eigenvalue weighted by atomic mass is 16.5. The Labute approximate surface area is 152 Å². The molecule has 0 atom stereocenters. The maximum absolute atomic E-state index is 12.5. The van der Waals surface area contributed by atoms with Crippen molar-refractivity contribution < 1.29 is 14.3 Å². The average molecular weight is 351 g/mol. The van der Waals surface area contributed by atoms with Gasteiger partial charge in [-0.15, -0.1) is 0 Å². The molecule has 0 N–H and O–H groups in total. The fourth-order valence-corrected chi connectivity index (χ4v) is 2.45. The minimum Gasteiger partial charge on any atom is -0.497 e. The molecule has 0 unspecified atom stereocenters. The first-order chi connectivity index (χ1) is 12.7. The zero-order chi connectivity index (χ0) is 18.4. The molecule has 0 aliphatic heterocycles. The van der Waals surface area contributed by atoms with Gasteiger partial charge in [0.25, 0.3) is 5.91 Å². The average Bonchev–Trinajstić information content (AvgIpc) is 3.18. The zero-order valence-electron chi connectivity index (χ0n) is 14.8. The number of para-hydroxylation sites is 1. The van der Waals surface area contributed by atoms with Gasteiger partial charge in [0.1, 0.15) is 18.1 Å². The number of hydrogen-bond acceptors (Lipinski definition) is 4. The standard InChI is InChI=1S/C20H21N3O3/c1-22(12-13-26-19-10-8-18(25-2)9-11-19)20(24)16-14-21-23(15-16)17-6-4-3-5-7-17/h3-11,14-15H,12-13H2,1-2H3. The summed E-state index contributed by atoms with van der Waals surface area (Å²) >= 11 is 0. The molecule has 3 rings (SSSR count). The van der Waals surface area contributed by atoms with Crippen molar-refractivity contribution in [1.82, 2.24) is 14.7 Å². The first-order valence-corrected chi connectivity index (χ1v) is 8.30. The maximum atomic E-state index is 12.5. The first kappa shape index (κ1) is 17.5. The lowest BCUT2D eigenvalue weighted by Crippen LogP contribution is -2.30. The second-order valence-electron chi connectivity index (χ2n) is 5.76. The molecule has 0 bridgehead atoms. The largest absolute Gasteiger partial charge is 0.497 e. The summed E-state index contributed by atoms with van der Waals surface area (Å²) in [7, 11) is 3.37. The lowest BCUT2D eigenvalue weighted by molar-refractivity contribution is 0.0774. The molecule has 1 aromatic heterocycles. The number of methoxy groups -OCH3 is 1. The Kier molecular flexibility index (Phi) is 5.53. The molecule has 1 amide bonds. The Hall–Kier alpha value is -3.28. The molecule has 0 spiro atoms. The summed E-state index contributed by atoms with van der Waals surface area (Å²) in [6.45, 7) is 0.878. The van der Waals surface area contributed by atoms with Crippen LogP contribution in [-0.4, -0.2) is 47.9 Å². The molecule has 0 saturated carbocycles. The Morgan fingerprint density at radius 2 is 1.77 bits per heavy atom. The van der Waals surface area contributed by atoms with Crippen molar-refractivity contribution in [2.45, 2.75) is 0 Å². The predicted molar refractivity (Wildman–Crippen MR) is 99.0 cm³/mol. The summed E-state index contributed by atoms with van der Waals surface area (Å²) in [4.78, 5) is 14.1. The van der Waals surface area contributed by atoms with Crippen LogP contribution < -0.4 is 9.47 Å². The number of aromatic nitrogens is 2. The number of rotatable bonds is 7. The van der Waals surface area contributed by atoms with Crippen molar-refractivity contribution in [1.29, 1.82) is 0 Å². The third kappa shape index (κ3) is 4.22. The number of likely N-dealkylation sites (N-methyl/N-ethyl adjacent to an activating group) is 1. The van der Waals surface area contributed by atoms with Gasteiger partial charge in [-0.25, -0.2) is 4.68 Å². The number of carbonyl (C=O) groups is 1. The van der Waals surface area contributed by atoms with Crippen LogP contribution in [0.2, 0.25) is 0 Å². The summed E-state index contributed by atoms with van der Waals surface area (Å²) in [5, 5.41) is 4.26. The molecule has 3 aromatic rings. The van der Waals surface area contributed by atoms with Crippen LogP contribution in [0, 0.1) is 0 Å². The second-order valence-corrected chi connectivity index (χ2v) is 5.76. The first-order valence-electron chi connectivity index (χ1n) is 8.30. The quantitative estimate of drug-likeness (QED) is 0.657. The number of benzene rings is 2. The van der Waals surface area contributed by atoms with E-state index in [1.54, 1.807) is 36.1 Å². The van der Waals surface area contributed by atoms with Crippen LogP contribution in [0.5, 0.6) is 11.5 Å². The van der Waals surface area contributed by atoms with E-state index in [9.17, 15) is 4.79 Å². The fraction of sp³-hybridized carbons (Fsp3) is 0.200. The molecule has 6 nitrogen and oxygen atoms in total. The van der Waals surface area contributed by atoms with Crippen LogP contribution in [0.1, 0.15) is 10.4 Å². The van der Waals surface area contributed by atoms with E-state index in [2.05, 4.69) is 5.10 Å². The van der Waals surface area contributed by atoms with Gasteiger partial charge in [-0.3, -0.25) is 4.79 Å². The van der Waals surface area contributed by atoms with E-state index in [1.165, 1.54) is 0 Å². The Morgan fingerprint density at radius 1 is 1.08 bits per heavy atom. The molecular formula is C20H21N3O3. The number of amides is 1. The molecule has 0 aliphatic rings. The second kappa shape index (κ2) is 8.20. The van der Waals surface area contributed by atoms with Crippen LogP contribution in [0.3, 0.4) is 0 Å². The molecular weight excluding hydrogens is 330 g/mol. The highest BCUT2D eigenvalue weighted by molar-refractivity contribution is 5.93. The summed E-state index contributed by atoms with van der Waals surface area (Å²) in [6, 6.07) is 17.0. The van der Waals surface area contributed by atoms with Gasteiger partial charge in [0.15, 0.2) is 0 Å². The van der Waals surface area contributed by atoms with Gasteiger partial charge in [-0.2, -0.15) is 5.10 Å². The zero-order valence-corrected chi connectivity index (χ0v) is 14.8. The summed E-state index contributed by atoms with van der Waals surface area (Å²) in [5.41, 5.74) is 1.46. The van der Waals surface area contributed by atoms with Crippen LogP contribution >= 0.6 is 0 Å². The van der Waals surface area contributed by atoms with Crippen LogP contribution in [0.4, 0.5) is 0 Å². The summed E-state index contributed by atoms with van der Waals surface area (Å²) in [5.74, 6) is 1.43. The molecule has 2 aromatic carbocycles. The van der Waals surface area contributed by atoms with E-state index in [4.69, 9.17) is 9.47 Å². The van der Waals surface area contributed by atoms with Gasteiger partial charge in [0.05, 0.1) is 31.1 Å². The van der Waals surface area contributed by atoms with Crippen molar-refractivity contribution in [2.24, 2.45) is 0 Å². The highest BCUT2D eigenvalue weighted by Gasteiger charge is 2.14. The SMILES string of the molecule is COc1ccc(OCCN(C)C(=O)c2cnn(-c3ccccc3)c2)cc1. The monoisotopic (exact) mass is 351 g/mol. The molecule has 0 saturated heterocycles. The lowest BCUT2D eigenvalue weighted by atomic mass is 10.3. The van der Waals surface area contributed by atoms with E-state index in [1.807, 2.05) is 54.6 Å². The van der Waals surface area contributed by atoms with Crippen molar-refractivity contribution in [3.05, 3.63) is 72.6 Å². The van der Waals surface area contributed by atoms with Crippen molar-refractivity contribution >= 4 is 5.91 Å². The van der Waals surface area contributed by atoms with Gasteiger partial charge >= 0.3 is 0 Å². The van der Waals surface area contributed by atoms with Gasteiger partial charge in [-0.05, 0) is 36.4 Å². The molecule has 26 heavy (non-hydrogen) atoms. The smallest absolute Gasteiger partial charge is 0.256 e. The van der Waals surface area contributed by atoms with E-state index in [0.29, 0.717) is 18.7 Å².